The summed E-state index contributed by atoms with van der Waals surface area (Å²) in [7, 11) is -0.890. The summed E-state index contributed by atoms with van der Waals surface area (Å²) in [5.74, 6) is 0.726. The molecule has 0 radical (unpaired) electrons. The van der Waals surface area contributed by atoms with Gasteiger partial charge < -0.3 is 5.73 Å². The second-order valence-electron chi connectivity index (χ2n) is 3.13. The fourth-order valence-corrected chi connectivity index (χ4v) is 2.38. The maximum absolute atomic E-state index is 12.7. The number of halogens is 1. The van der Waals surface area contributed by atoms with Crippen LogP contribution in [0.3, 0.4) is 0 Å². The molecule has 0 saturated carbocycles. The van der Waals surface area contributed by atoms with Crippen LogP contribution >= 0.6 is 0 Å². The highest BCUT2D eigenvalue weighted by Gasteiger charge is 2.04. The molecule has 2 N–H and O–H groups in total. The van der Waals surface area contributed by atoms with E-state index in [-0.39, 0.29) is 5.82 Å². The van der Waals surface area contributed by atoms with Crippen molar-refractivity contribution >= 4 is 16.5 Å². The van der Waals surface area contributed by atoms with Gasteiger partial charge in [-0.15, -0.1) is 0 Å². The normalized spacial score (nSPS) is 12.7. The first-order chi connectivity index (χ1) is 6.63. The zero-order valence-electron chi connectivity index (χ0n) is 8.13. The Morgan fingerprint density at radius 2 is 2.21 bits per heavy atom. The number of anilines is 1. The number of nitrogens with two attached hydrogens (primary N) is 1. The molecule has 0 aliphatic rings. The van der Waals surface area contributed by atoms with E-state index in [0.29, 0.717) is 17.2 Å². The Hall–Kier alpha value is -0.900. The first-order valence-corrected chi connectivity index (χ1v) is 6.01. The summed E-state index contributed by atoms with van der Waals surface area (Å²) in [6.45, 7) is 1.98. The van der Waals surface area contributed by atoms with E-state index < -0.39 is 10.8 Å². The largest absolute Gasteiger partial charge is 0.398 e. The molecule has 0 aliphatic carbocycles. The summed E-state index contributed by atoms with van der Waals surface area (Å²) >= 11 is 0. The van der Waals surface area contributed by atoms with Crippen molar-refractivity contribution in [2.75, 3.05) is 11.5 Å². The molecule has 0 spiro atoms. The van der Waals surface area contributed by atoms with Crippen LogP contribution in [0, 0.1) is 5.82 Å². The molecule has 0 fully saturated rings. The summed E-state index contributed by atoms with van der Waals surface area (Å²) in [6, 6.07) is 4.20. The van der Waals surface area contributed by atoms with Gasteiger partial charge in [-0.2, -0.15) is 0 Å². The van der Waals surface area contributed by atoms with Gasteiger partial charge in [-0.1, -0.05) is 13.0 Å². The standard InChI is InChI=1S/C10H14FNOS/c1-2-5-14(13)7-8-3-4-9(11)6-10(8)12/h3-4,6H,2,5,7,12H2,1H3. The summed E-state index contributed by atoms with van der Waals surface area (Å²) in [5, 5.41) is 0. The number of nitrogen functional groups attached to an aromatic ring is 1. The monoisotopic (exact) mass is 215 g/mol. The smallest absolute Gasteiger partial charge is 0.125 e. The number of rotatable bonds is 4. The Morgan fingerprint density at radius 3 is 2.79 bits per heavy atom. The Balaban J connectivity index is 2.72. The van der Waals surface area contributed by atoms with Crippen LogP contribution in [-0.2, 0) is 16.6 Å². The summed E-state index contributed by atoms with van der Waals surface area (Å²) < 4.78 is 24.1. The molecule has 0 amide bonds. The van der Waals surface area contributed by atoms with Crippen molar-refractivity contribution in [2.45, 2.75) is 19.1 Å². The van der Waals surface area contributed by atoms with Gasteiger partial charge in [0.15, 0.2) is 0 Å². The summed E-state index contributed by atoms with van der Waals surface area (Å²) in [5.41, 5.74) is 6.74. The molecule has 2 nitrogen and oxygen atoms in total. The van der Waals surface area contributed by atoms with Crippen LogP contribution in [0.15, 0.2) is 18.2 Å². The second-order valence-corrected chi connectivity index (χ2v) is 4.71. The molecule has 1 atom stereocenters. The van der Waals surface area contributed by atoms with Crippen LogP contribution < -0.4 is 5.73 Å². The van der Waals surface area contributed by atoms with Gasteiger partial charge in [0.1, 0.15) is 5.82 Å². The molecule has 0 aliphatic heterocycles. The molecule has 0 aromatic heterocycles. The summed E-state index contributed by atoms with van der Waals surface area (Å²) in [4.78, 5) is 0. The first kappa shape index (κ1) is 11.2. The van der Waals surface area contributed by atoms with Crippen LogP contribution in [-0.4, -0.2) is 9.96 Å². The van der Waals surface area contributed by atoms with Gasteiger partial charge in [0.2, 0.25) is 0 Å². The number of hydrogen-bond acceptors (Lipinski definition) is 2. The predicted octanol–water partition coefficient (Wildman–Crippen LogP) is 2.07. The quantitative estimate of drug-likeness (QED) is 0.781. The van der Waals surface area contributed by atoms with Gasteiger partial charge in [-0.3, -0.25) is 4.21 Å². The Labute approximate surface area is 85.8 Å². The minimum atomic E-state index is -0.890. The van der Waals surface area contributed by atoms with Crippen LogP contribution in [0.4, 0.5) is 10.1 Å². The molecule has 1 unspecified atom stereocenters. The zero-order valence-corrected chi connectivity index (χ0v) is 8.94. The fourth-order valence-electron chi connectivity index (χ4n) is 1.17. The van der Waals surface area contributed by atoms with Crippen molar-refractivity contribution in [2.24, 2.45) is 0 Å². The maximum atomic E-state index is 12.7. The van der Waals surface area contributed by atoms with E-state index in [2.05, 4.69) is 0 Å². The van der Waals surface area contributed by atoms with E-state index in [4.69, 9.17) is 5.73 Å². The van der Waals surface area contributed by atoms with E-state index in [1.807, 2.05) is 6.92 Å². The lowest BCUT2D eigenvalue weighted by Crippen LogP contribution is -2.03. The molecule has 0 saturated heterocycles. The molecule has 1 rings (SSSR count). The molecular formula is C10H14FNOS. The minimum Gasteiger partial charge on any atom is -0.398 e. The lowest BCUT2D eigenvalue weighted by Gasteiger charge is -2.04. The summed E-state index contributed by atoms with van der Waals surface area (Å²) in [6.07, 6.45) is 0.883. The topological polar surface area (TPSA) is 43.1 Å². The highest BCUT2D eigenvalue weighted by Crippen LogP contribution is 2.15. The van der Waals surface area contributed by atoms with Gasteiger partial charge in [-0.25, -0.2) is 4.39 Å². The predicted molar refractivity (Wildman–Crippen MR) is 57.8 cm³/mol. The third kappa shape index (κ3) is 3.10. The lowest BCUT2D eigenvalue weighted by molar-refractivity contribution is 0.628. The first-order valence-electron chi connectivity index (χ1n) is 4.52. The van der Waals surface area contributed by atoms with Gasteiger partial charge in [-0.05, 0) is 24.1 Å². The molecule has 14 heavy (non-hydrogen) atoms. The second kappa shape index (κ2) is 5.10. The Morgan fingerprint density at radius 1 is 1.50 bits per heavy atom. The third-order valence-corrected chi connectivity index (χ3v) is 3.35. The average Bonchev–Trinajstić information content (AvgIpc) is 2.10. The molecule has 1 aromatic carbocycles. The van der Waals surface area contributed by atoms with Crippen molar-refractivity contribution in [1.82, 2.24) is 0 Å². The van der Waals surface area contributed by atoms with Crippen LogP contribution in [0.25, 0.3) is 0 Å². The highest BCUT2D eigenvalue weighted by atomic mass is 32.2. The zero-order chi connectivity index (χ0) is 10.6. The maximum Gasteiger partial charge on any atom is 0.125 e. The lowest BCUT2D eigenvalue weighted by atomic mass is 10.2. The Kier molecular flexibility index (Phi) is 4.07. The molecule has 0 bridgehead atoms. The molecule has 1 aromatic rings. The van der Waals surface area contributed by atoms with Gasteiger partial charge in [0, 0.05) is 22.2 Å². The van der Waals surface area contributed by atoms with Gasteiger partial charge >= 0.3 is 0 Å². The van der Waals surface area contributed by atoms with E-state index >= 15 is 0 Å². The van der Waals surface area contributed by atoms with Crippen molar-refractivity contribution in [3.05, 3.63) is 29.6 Å². The van der Waals surface area contributed by atoms with Gasteiger partial charge in [0.25, 0.3) is 0 Å². The van der Waals surface area contributed by atoms with Gasteiger partial charge in [0.05, 0.1) is 5.75 Å². The Bertz CT molecular complexity index is 341. The molecular weight excluding hydrogens is 201 g/mol. The minimum absolute atomic E-state index is 0.354. The van der Waals surface area contributed by atoms with Crippen molar-refractivity contribution < 1.29 is 8.60 Å². The van der Waals surface area contributed by atoms with Crippen molar-refractivity contribution in [3.8, 4) is 0 Å². The highest BCUT2D eigenvalue weighted by molar-refractivity contribution is 7.84. The third-order valence-electron chi connectivity index (χ3n) is 1.86. The molecule has 4 heteroatoms. The SMILES string of the molecule is CCCS(=O)Cc1ccc(F)cc1N. The molecule has 78 valence electrons. The van der Waals surface area contributed by atoms with E-state index in [1.54, 1.807) is 6.07 Å². The van der Waals surface area contributed by atoms with Crippen molar-refractivity contribution in [1.29, 1.82) is 0 Å². The van der Waals surface area contributed by atoms with Crippen LogP contribution in [0.2, 0.25) is 0 Å². The van der Waals surface area contributed by atoms with Crippen molar-refractivity contribution in [3.63, 3.8) is 0 Å². The average molecular weight is 215 g/mol. The van der Waals surface area contributed by atoms with E-state index in [9.17, 15) is 8.60 Å². The van der Waals surface area contributed by atoms with E-state index in [1.165, 1.54) is 12.1 Å². The number of benzene rings is 1. The van der Waals surface area contributed by atoms with E-state index in [0.717, 1.165) is 12.0 Å². The molecule has 0 heterocycles. The van der Waals surface area contributed by atoms with Crippen LogP contribution in [0.1, 0.15) is 18.9 Å². The van der Waals surface area contributed by atoms with Crippen LogP contribution in [0.5, 0.6) is 0 Å². The fraction of sp³-hybridized carbons (Fsp3) is 0.400. The number of hydrogen-bond donors (Lipinski definition) is 1.